The summed E-state index contributed by atoms with van der Waals surface area (Å²) in [4.78, 5) is 0. The highest BCUT2D eigenvalue weighted by molar-refractivity contribution is 6.00. The van der Waals surface area contributed by atoms with Gasteiger partial charge in [-0.15, -0.1) is 10.2 Å². The summed E-state index contributed by atoms with van der Waals surface area (Å²) < 4.78 is 0. The van der Waals surface area contributed by atoms with Gasteiger partial charge in [0.1, 0.15) is 5.69 Å². The standard InChI is InChI=1S/C26H25N3.2C2H6/c1-4-18(3)20-14-16-22(17-15-20)27-26-24-9-7-6-8-23(24)25(28-29-26)21-12-10-19(5-2)11-13-21;2*1-2/h6-17H,3-5H2,1-2H3,(H,27,29);2*1-2H3. The van der Waals surface area contributed by atoms with E-state index < -0.39 is 0 Å². The summed E-state index contributed by atoms with van der Waals surface area (Å²) in [5, 5.41) is 14.6. The Morgan fingerprint density at radius 1 is 0.758 bits per heavy atom. The molecule has 0 amide bonds. The highest BCUT2D eigenvalue weighted by atomic mass is 15.2. The number of rotatable bonds is 6. The van der Waals surface area contributed by atoms with Gasteiger partial charge in [0.2, 0.25) is 0 Å². The zero-order valence-electron chi connectivity index (χ0n) is 20.9. The van der Waals surface area contributed by atoms with Crippen LogP contribution in [-0.4, -0.2) is 10.2 Å². The van der Waals surface area contributed by atoms with E-state index in [0.717, 1.165) is 51.9 Å². The summed E-state index contributed by atoms with van der Waals surface area (Å²) in [6, 6.07) is 25.1. The predicted octanol–water partition coefficient (Wildman–Crippen LogP) is 9.08. The highest BCUT2D eigenvalue weighted by Gasteiger charge is 2.11. The number of benzene rings is 3. The van der Waals surface area contributed by atoms with Gasteiger partial charge in [0.05, 0.1) is 0 Å². The van der Waals surface area contributed by atoms with Gasteiger partial charge in [-0.3, -0.25) is 0 Å². The maximum absolute atomic E-state index is 4.56. The average Bonchev–Trinajstić information content (AvgIpc) is 2.91. The van der Waals surface area contributed by atoms with Crippen LogP contribution in [0.1, 0.15) is 59.1 Å². The molecule has 0 aliphatic heterocycles. The van der Waals surface area contributed by atoms with Crippen LogP contribution in [0, 0.1) is 0 Å². The zero-order valence-corrected chi connectivity index (χ0v) is 20.9. The van der Waals surface area contributed by atoms with E-state index in [4.69, 9.17) is 0 Å². The van der Waals surface area contributed by atoms with Crippen LogP contribution in [0.15, 0.2) is 79.4 Å². The third-order valence-electron chi connectivity index (χ3n) is 5.31. The summed E-state index contributed by atoms with van der Waals surface area (Å²) >= 11 is 0. The molecule has 0 aliphatic carbocycles. The number of aryl methyl sites for hydroxylation is 1. The lowest BCUT2D eigenvalue weighted by Crippen LogP contribution is -1.99. The number of hydrogen-bond acceptors (Lipinski definition) is 3. The number of allylic oxidation sites excluding steroid dienone is 1. The van der Waals surface area contributed by atoms with Gasteiger partial charge in [-0.2, -0.15) is 0 Å². The van der Waals surface area contributed by atoms with Gasteiger partial charge in [-0.25, -0.2) is 0 Å². The summed E-state index contributed by atoms with van der Waals surface area (Å²) in [5.41, 5.74) is 6.60. The Morgan fingerprint density at radius 3 is 1.94 bits per heavy atom. The first kappa shape index (κ1) is 25.8. The predicted molar refractivity (Wildman–Crippen MR) is 146 cm³/mol. The van der Waals surface area contributed by atoms with Crippen LogP contribution in [0.3, 0.4) is 0 Å². The molecule has 0 bridgehead atoms. The Labute approximate surface area is 199 Å². The molecule has 0 atom stereocenters. The average molecular weight is 440 g/mol. The van der Waals surface area contributed by atoms with Gasteiger partial charge in [0, 0.05) is 22.0 Å². The molecule has 0 radical (unpaired) electrons. The minimum atomic E-state index is 0.761. The van der Waals surface area contributed by atoms with E-state index in [2.05, 4.69) is 96.6 Å². The summed E-state index contributed by atoms with van der Waals surface area (Å²) in [6.07, 6.45) is 1.98. The molecule has 4 aromatic rings. The molecule has 1 N–H and O–H groups in total. The van der Waals surface area contributed by atoms with Crippen LogP contribution < -0.4 is 5.32 Å². The normalized spacial score (nSPS) is 9.88. The van der Waals surface area contributed by atoms with E-state index >= 15 is 0 Å². The lowest BCUT2D eigenvalue weighted by molar-refractivity contribution is 1.06. The van der Waals surface area contributed by atoms with Gasteiger partial charge in [-0.1, -0.05) is 109 Å². The van der Waals surface area contributed by atoms with Crippen LogP contribution >= 0.6 is 0 Å². The van der Waals surface area contributed by atoms with Gasteiger partial charge >= 0.3 is 0 Å². The fourth-order valence-electron chi connectivity index (χ4n) is 3.44. The number of nitrogens with one attached hydrogen (secondary N) is 1. The Bertz CT molecular complexity index is 1140. The molecule has 0 aliphatic rings. The van der Waals surface area contributed by atoms with Crippen LogP contribution in [-0.2, 0) is 6.42 Å². The minimum Gasteiger partial charge on any atom is -0.338 e. The van der Waals surface area contributed by atoms with E-state index in [9.17, 15) is 0 Å². The van der Waals surface area contributed by atoms with E-state index in [0.29, 0.717) is 0 Å². The quantitative estimate of drug-likeness (QED) is 0.325. The second kappa shape index (κ2) is 13.2. The van der Waals surface area contributed by atoms with E-state index in [1.54, 1.807) is 0 Å². The fourth-order valence-corrected chi connectivity index (χ4v) is 3.44. The number of fused-ring (bicyclic) bond motifs is 1. The van der Waals surface area contributed by atoms with E-state index in [1.165, 1.54) is 11.1 Å². The van der Waals surface area contributed by atoms with Gasteiger partial charge in [-0.05, 0) is 41.7 Å². The molecule has 0 spiro atoms. The zero-order chi connectivity index (χ0) is 24.2. The third kappa shape index (κ3) is 6.29. The molecule has 0 unspecified atom stereocenters. The van der Waals surface area contributed by atoms with Crippen molar-refractivity contribution in [3.8, 4) is 11.3 Å². The Balaban J connectivity index is 0.000000914. The van der Waals surface area contributed by atoms with Gasteiger partial charge in [0.25, 0.3) is 0 Å². The van der Waals surface area contributed by atoms with Crippen LogP contribution in [0.25, 0.3) is 27.6 Å². The second-order valence-electron chi connectivity index (χ2n) is 7.15. The lowest BCUT2D eigenvalue weighted by atomic mass is 10.0. The van der Waals surface area contributed by atoms with Crippen molar-refractivity contribution in [1.29, 1.82) is 0 Å². The van der Waals surface area contributed by atoms with Crippen molar-refractivity contribution in [1.82, 2.24) is 10.2 Å². The molecular formula is C30H37N3. The maximum atomic E-state index is 4.56. The topological polar surface area (TPSA) is 37.8 Å². The number of aromatic nitrogens is 2. The van der Waals surface area contributed by atoms with Crippen molar-refractivity contribution < 1.29 is 0 Å². The molecule has 0 saturated heterocycles. The first-order chi connectivity index (χ1) is 16.2. The largest absolute Gasteiger partial charge is 0.338 e. The monoisotopic (exact) mass is 439 g/mol. The highest BCUT2D eigenvalue weighted by Crippen LogP contribution is 2.31. The van der Waals surface area contributed by atoms with E-state index in [-0.39, 0.29) is 0 Å². The van der Waals surface area contributed by atoms with Crippen molar-refractivity contribution in [2.24, 2.45) is 0 Å². The Hall–Kier alpha value is -3.46. The molecule has 3 nitrogen and oxygen atoms in total. The number of nitrogens with zero attached hydrogens (tertiary/aromatic N) is 2. The Kier molecular flexibility index (Phi) is 10.3. The van der Waals surface area contributed by atoms with Crippen LogP contribution in [0.4, 0.5) is 11.5 Å². The molecule has 1 aromatic heterocycles. The first-order valence-corrected chi connectivity index (χ1v) is 12.1. The van der Waals surface area contributed by atoms with Crippen molar-refractivity contribution >= 4 is 27.9 Å². The molecule has 0 fully saturated rings. The van der Waals surface area contributed by atoms with Gasteiger partial charge < -0.3 is 5.32 Å². The molecule has 3 heteroatoms. The van der Waals surface area contributed by atoms with Gasteiger partial charge in [0.15, 0.2) is 5.82 Å². The van der Waals surface area contributed by atoms with Crippen molar-refractivity contribution in [2.45, 2.75) is 54.4 Å². The molecule has 1 heterocycles. The molecule has 4 rings (SSSR count). The fraction of sp³-hybridized carbons (Fsp3) is 0.267. The third-order valence-corrected chi connectivity index (χ3v) is 5.31. The molecular weight excluding hydrogens is 402 g/mol. The van der Waals surface area contributed by atoms with Crippen molar-refractivity contribution in [3.63, 3.8) is 0 Å². The summed E-state index contributed by atoms with van der Waals surface area (Å²) in [5.74, 6) is 0.761. The summed E-state index contributed by atoms with van der Waals surface area (Å²) in [7, 11) is 0. The Morgan fingerprint density at radius 2 is 1.36 bits per heavy atom. The van der Waals surface area contributed by atoms with Crippen molar-refractivity contribution in [2.75, 3.05) is 5.32 Å². The SMILES string of the molecule is C=C(CC)c1ccc(Nc2nnc(-c3ccc(CC)cc3)c3ccccc23)cc1.CC.CC. The first-order valence-electron chi connectivity index (χ1n) is 12.1. The lowest BCUT2D eigenvalue weighted by Gasteiger charge is -2.12. The molecule has 172 valence electrons. The molecule has 0 saturated carbocycles. The van der Waals surface area contributed by atoms with Crippen LogP contribution in [0.2, 0.25) is 0 Å². The second-order valence-corrected chi connectivity index (χ2v) is 7.15. The maximum Gasteiger partial charge on any atom is 0.161 e. The van der Waals surface area contributed by atoms with Crippen LogP contribution in [0.5, 0.6) is 0 Å². The number of hydrogen-bond donors (Lipinski definition) is 1. The number of anilines is 2. The smallest absolute Gasteiger partial charge is 0.161 e. The van der Waals surface area contributed by atoms with E-state index in [1.807, 2.05) is 39.8 Å². The minimum absolute atomic E-state index is 0.761. The summed E-state index contributed by atoms with van der Waals surface area (Å²) in [6.45, 7) is 16.4. The molecule has 33 heavy (non-hydrogen) atoms. The van der Waals surface area contributed by atoms with Crippen molar-refractivity contribution in [3.05, 3.63) is 90.5 Å². The molecule has 3 aromatic carbocycles.